The van der Waals surface area contributed by atoms with E-state index >= 15 is 0 Å². The molecule has 0 fully saturated rings. The van der Waals surface area contributed by atoms with E-state index in [-0.39, 0.29) is 0 Å². The van der Waals surface area contributed by atoms with E-state index in [1.165, 1.54) is 10.9 Å². The van der Waals surface area contributed by atoms with Gasteiger partial charge in [0, 0.05) is 5.30 Å². The minimum Gasteiger partial charge on any atom is -0.497 e. The molecule has 0 atom stereocenters. The molecule has 0 saturated heterocycles. The van der Waals surface area contributed by atoms with E-state index in [4.69, 9.17) is 4.74 Å². The highest BCUT2D eigenvalue weighted by Gasteiger charge is 2.18. The summed E-state index contributed by atoms with van der Waals surface area (Å²) in [6.45, 7) is 2.14. The van der Waals surface area contributed by atoms with Gasteiger partial charge < -0.3 is 4.74 Å². The van der Waals surface area contributed by atoms with Gasteiger partial charge in [-0.25, -0.2) is 0 Å². The lowest BCUT2D eigenvalue weighted by Gasteiger charge is -2.31. The zero-order valence-electron chi connectivity index (χ0n) is 11.0. The molecule has 0 heterocycles. The number of hydrogen-bond donors (Lipinski definition) is 0. The fourth-order valence-corrected chi connectivity index (χ4v) is 3.93. The van der Waals surface area contributed by atoms with Crippen molar-refractivity contribution in [2.24, 2.45) is 0 Å². The number of aryl methyl sites for hydroxylation is 1. The Balaban J connectivity index is 3.10. The summed E-state index contributed by atoms with van der Waals surface area (Å²) in [5.41, 5.74) is 1.29. The van der Waals surface area contributed by atoms with Gasteiger partial charge in [-0.3, -0.25) is 9.34 Å². The van der Waals surface area contributed by atoms with Crippen LogP contribution in [0.25, 0.3) is 0 Å². The molecule has 1 aromatic carbocycles. The van der Waals surface area contributed by atoms with Gasteiger partial charge in [0.1, 0.15) is 5.75 Å². The van der Waals surface area contributed by atoms with Crippen LogP contribution in [-0.4, -0.2) is 44.6 Å². The highest BCUT2D eigenvalue weighted by atomic mass is 31.1. The second-order valence-corrected chi connectivity index (χ2v) is 6.80. The molecule has 4 heteroatoms. The van der Waals surface area contributed by atoms with Crippen LogP contribution in [0.2, 0.25) is 0 Å². The van der Waals surface area contributed by atoms with Crippen LogP contribution in [0.1, 0.15) is 5.56 Å². The highest BCUT2D eigenvalue weighted by molar-refractivity contribution is 7.61. The average Bonchev–Trinajstić information content (AvgIpc) is 2.19. The van der Waals surface area contributed by atoms with Crippen LogP contribution in [-0.2, 0) is 0 Å². The first-order valence-electron chi connectivity index (χ1n) is 5.26. The quantitative estimate of drug-likeness (QED) is 0.749. The standard InChI is InChI=1S/C12H21N2OP/c1-10-9-11(15-6)7-8-12(10)16(13(2)3)14(4)5/h7-9H,1-6H3. The normalized spacial score (nSPS) is 11.6. The lowest BCUT2D eigenvalue weighted by Crippen LogP contribution is -2.25. The maximum Gasteiger partial charge on any atom is 0.119 e. The van der Waals surface area contributed by atoms with Gasteiger partial charge >= 0.3 is 0 Å². The van der Waals surface area contributed by atoms with E-state index in [0.717, 1.165) is 5.75 Å². The van der Waals surface area contributed by atoms with Gasteiger partial charge in [0.05, 0.1) is 15.3 Å². The first-order chi connectivity index (χ1) is 7.47. The molecule has 0 radical (unpaired) electrons. The monoisotopic (exact) mass is 240 g/mol. The van der Waals surface area contributed by atoms with Crippen molar-refractivity contribution in [1.29, 1.82) is 0 Å². The Morgan fingerprint density at radius 2 is 1.62 bits per heavy atom. The number of hydrogen-bond acceptors (Lipinski definition) is 3. The van der Waals surface area contributed by atoms with E-state index < -0.39 is 8.22 Å². The van der Waals surface area contributed by atoms with Crippen molar-refractivity contribution >= 4 is 13.5 Å². The zero-order chi connectivity index (χ0) is 12.3. The topological polar surface area (TPSA) is 15.7 Å². The minimum absolute atomic E-state index is 0.401. The summed E-state index contributed by atoms with van der Waals surface area (Å²) in [6, 6.07) is 6.29. The van der Waals surface area contributed by atoms with Gasteiger partial charge in [-0.2, -0.15) is 0 Å². The van der Waals surface area contributed by atoms with Crippen LogP contribution in [0.15, 0.2) is 18.2 Å². The molecular weight excluding hydrogens is 219 g/mol. The average molecular weight is 240 g/mol. The molecule has 0 aliphatic rings. The summed E-state index contributed by atoms with van der Waals surface area (Å²) in [4.78, 5) is 0. The molecule has 0 N–H and O–H groups in total. The Hall–Kier alpha value is -0.630. The number of methoxy groups -OCH3 is 1. The van der Waals surface area contributed by atoms with E-state index in [2.05, 4.69) is 56.6 Å². The Bertz CT molecular complexity index is 345. The maximum absolute atomic E-state index is 5.23. The fraction of sp³-hybridized carbons (Fsp3) is 0.500. The smallest absolute Gasteiger partial charge is 0.119 e. The third kappa shape index (κ3) is 2.94. The van der Waals surface area contributed by atoms with Crippen LogP contribution >= 0.6 is 8.22 Å². The van der Waals surface area contributed by atoms with Crippen LogP contribution in [0.3, 0.4) is 0 Å². The Morgan fingerprint density at radius 3 is 2.00 bits per heavy atom. The van der Waals surface area contributed by atoms with Crippen molar-refractivity contribution in [2.75, 3.05) is 35.3 Å². The zero-order valence-corrected chi connectivity index (χ0v) is 11.9. The van der Waals surface area contributed by atoms with Crippen molar-refractivity contribution in [1.82, 2.24) is 9.34 Å². The number of nitrogens with zero attached hydrogens (tertiary/aromatic N) is 2. The predicted molar refractivity (Wildman–Crippen MR) is 71.7 cm³/mol. The summed E-state index contributed by atoms with van der Waals surface area (Å²) < 4.78 is 9.77. The third-order valence-corrected chi connectivity index (χ3v) is 4.83. The van der Waals surface area contributed by atoms with Gasteiger partial charge in [-0.1, -0.05) is 0 Å². The van der Waals surface area contributed by atoms with Gasteiger partial charge in [0.15, 0.2) is 0 Å². The molecule has 3 nitrogen and oxygen atoms in total. The molecule has 0 amide bonds. The van der Waals surface area contributed by atoms with Crippen LogP contribution in [0.4, 0.5) is 0 Å². The summed E-state index contributed by atoms with van der Waals surface area (Å²) in [6.07, 6.45) is 0. The molecule has 0 aliphatic carbocycles. The maximum atomic E-state index is 5.23. The lowest BCUT2D eigenvalue weighted by atomic mass is 10.2. The number of benzene rings is 1. The third-order valence-electron chi connectivity index (χ3n) is 2.38. The predicted octanol–water partition coefficient (Wildman–Crippen LogP) is 2.06. The molecule has 0 aromatic heterocycles. The molecule has 0 unspecified atom stereocenters. The van der Waals surface area contributed by atoms with Crippen molar-refractivity contribution in [3.8, 4) is 5.75 Å². The van der Waals surface area contributed by atoms with E-state index in [1.54, 1.807) is 7.11 Å². The molecule has 0 bridgehead atoms. The van der Waals surface area contributed by atoms with E-state index in [1.807, 2.05) is 6.07 Å². The van der Waals surface area contributed by atoms with E-state index in [9.17, 15) is 0 Å². The second-order valence-electron chi connectivity index (χ2n) is 4.14. The first-order valence-corrected chi connectivity index (χ1v) is 6.51. The van der Waals surface area contributed by atoms with Crippen molar-refractivity contribution < 1.29 is 4.74 Å². The van der Waals surface area contributed by atoms with Crippen LogP contribution < -0.4 is 10.0 Å². The molecule has 0 spiro atoms. The molecule has 90 valence electrons. The summed E-state index contributed by atoms with van der Waals surface area (Å²) in [5.74, 6) is 0.925. The Labute approximate surface area is 99.9 Å². The molecular formula is C12H21N2OP. The summed E-state index contributed by atoms with van der Waals surface area (Å²) >= 11 is 0. The largest absolute Gasteiger partial charge is 0.497 e. The van der Waals surface area contributed by atoms with Crippen molar-refractivity contribution in [2.45, 2.75) is 6.92 Å². The van der Waals surface area contributed by atoms with Crippen molar-refractivity contribution in [3.05, 3.63) is 23.8 Å². The molecule has 1 rings (SSSR count). The molecule has 0 aliphatic heterocycles. The van der Waals surface area contributed by atoms with Crippen LogP contribution in [0.5, 0.6) is 5.75 Å². The number of ether oxygens (including phenoxy) is 1. The van der Waals surface area contributed by atoms with Gasteiger partial charge in [0.25, 0.3) is 0 Å². The van der Waals surface area contributed by atoms with E-state index in [0.29, 0.717) is 0 Å². The molecule has 0 saturated carbocycles. The number of rotatable bonds is 4. The Kier molecular flexibility index (Phi) is 4.72. The summed E-state index contributed by atoms with van der Waals surface area (Å²) in [7, 11) is 9.78. The second kappa shape index (κ2) is 5.62. The molecule has 16 heavy (non-hydrogen) atoms. The first kappa shape index (κ1) is 13.4. The van der Waals surface area contributed by atoms with Gasteiger partial charge in [-0.15, -0.1) is 0 Å². The molecule has 1 aromatic rings. The summed E-state index contributed by atoms with van der Waals surface area (Å²) in [5, 5.41) is 1.38. The lowest BCUT2D eigenvalue weighted by molar-refractivity contribution is 0.414. The fourth-order valence-electron chi connectivity index (χ4n) is 1.77. The van der Waals surface area contributed by atoms with Gasteiger partial charge in [0.2, 0.25) is 0 Å². The highest BCUT2D eigenvalue weighted by Crippen LogP contribution is 2.39. The Morgan fingerprint density at radius 1 is 1.06 bits per heavy atom. The van der Waals surface area contributed by atoms with Crippen molar-refractivity contribution in [3.63, 3.8) is 0 Å². The SMILES string of the molecule is COc1ccc(P(N(C)C)N(C)C)c(C)c1. The minimum atomic E-state index is -0.401. The van der Waals surface area contributed by atoms with Gasteiger partial charge in [-0.05, 0) is 58.9 Å². The van der Waals surface area contributed by atoms with Crippen LogP contribution in [0, 0.1) is 6.92 Å².